The second-order valence-electron chi connectivity index (χ2n) is 5.94. The van der Waals surface area contributed by atoms with Crippen LogP contribution in [-0.4, -0.2) is 6.29 Å². The molecule has 88 valence electrons. The average Bonchev–Trinajstić information content (AvgIpc) is 2.76. The number of carbonyl (C=O) groups is 1. The topological polar surface area (TPSA) is 17.1 Å². The van der Waals surface area contributed by atoms with Gasteiger partial charge >= 0.3 is 0 Å². The molecule has 0 bridgehead atoms. The Morgan fingerprint density at radius 2 is 2.12 bits per heavy atom. The van der Waals surface area contributed by atoms with Gasteiger partial charge in [-0.2, -0.15) is 0 Å². The molecule has 2 atom stereocenters. The first-order valence-corrected chi connectivity index (χ1v) is 6.37. The van der Waals surface area contributed by atoms with E-state index < -0.39 is 0 Å². The van der Waals surface area contributed by atoms with Gasteiger partial charge in [-0.05, 0) is 55.4 Å². The summed E-state index contributed by atoms with van der Waals surface area (Å²) in [5, 5.41) is 0. The van der Waals surface area contributed by atoms with Crippen molar-refractivity contribution in [2.45, 2.75) is 46.5 Å². The van der Waals surface area contributed by atoms with Gasteiger partial charge in [-0.1, -0.05) is 31.6 Å². The molecule has 0 saturated heterocycles. The zero-order valence-corrected chi connectivity index (χ0v) is 10.6. The molecule has 2 unspecified atom stereocenters. The zero-order valence-electron chi connectivity index (χ0n) is 10.6. The van der Waals surface area contributed by atoms with E-state index in [0.717, 1.165) is 30.6 Å². The van der Waals surface area contributed by atoms with Gasteiger partial charge < -0.3 is 0 Å². The lowest BCUT2D eigenvalue weighted by molar-refractivity contribution is -0.105. The van der Waals surface area contributed by atoms with Crippen LogP contribution < -0.4 is 0 Å². The largest absolute Gasteiger partial charge is 0.298 e. The predicted molar refractivity (Wildman–Crippen MR) is 67.1 cm³/mol. The zero-order chi connectivity index (χ0) is 11.8. The van der Waals surface area contributed by atoms with Crippen LogP contribution >= 0.6 is 0 Å². The Kier molecular flexibility index (Phi) is 3.05. The fourth-order valence-electron chi connectivity index (χ4n) is 3.05. The van der Waals surface area contributed by atoms with E-state index in [-0.39, 0.29) is 0 Å². The van der Waals surface area contributed by atoms with Crippen LogP contribution in [0.1, 0.15) is 46.5 Å². The van der Waals surface area contributed by atoms with E-state index in [1.165, 1.54) is 18.4 Å². The molecule has 0 amide bonds. The lowest BCUT2D eigenvalue weighted by Crippen LogP contribution is -1.91. The van der Waals surface area contributed by atoms with Gasteiger partial charge in [0.05, 0.1) is 0 Å². The minimum Gasteiger partial charge on any atom is -0.298 e. The van der Waals surface area contributed by atoms with E-state index >= 15 is 0 Å². The number of rotatable bonds is 1. The maximum atomic E-state index is 11.0. The molecule has 16 heavy (non-hydrogen) atoms. The highest BCUT2D eigenvalue weighted by Crippen LogP contribution is 2.61. The fourth-order valence-corrected chi connectivity index (χ4v) is 3.05. The summed E-state index contributed by atoms with van der Waals surface area (Å²) in [5.41, 5.74) is 2.92. The van der Waals surface area contributed by atoms with E-state index in [1.807, 2.05) is 0 Å². The lowest BCUT2D eigenvalue weighted by atomic mass is 10.0. The Labute approximate surface area is 98.6 Å². The molecule has 0 aromatic rings. The SMILES string of the molecule is CC1=CCCC(C=O)=CC2C(CC1)C2(C)C. The molecule has 2 rings (SSSR count). The predicted octanol–water partition coefficient (Wildman–Crippen LogP) is 3.90. The van der Waals surface area contributed by atoms with Crippen molar-refractivity contribution in [2.24, 2.45) is 17.3 Å². The molecule has 0 spiro atoms. The van der Waals surface area contributed by atoms with Crippen molar-refractivity contribution in [1.82, 2.24) is 0 Å². The summed E-state index contributed by atoms with van der Waals surface area (Å²) in [6.45, 7) is 6.88. The first-order chi connectivity index (χ1) is 7.55. The van der Waals surface area contributed by atoms with E-state index in [4.69, 9.17) is 0 Å². The number of hydrogen-bond donors (Lipinski definition) is 0. The van der Waals surface area contributed by atoms with Crippen LogP contribution in [0.25, 0.3) is 0 Å². The second-order valence-corrected chi connectivity index (χ2v) is 5.94. The summed E-state index contributed by atoms with van der Waals surface area (Å²) in [7, 11) is 0. The summed E-state index contributed by atoms with van der Waals surface area (Å²) in [6, 6.07) is 0. The molecule has 0 heterocycles. The van der Waals surface area contributed by atoms with E-state index in [0.29, 0.717) is 11.3 Å². The van der Waals surface area contributed by atoms with Crippen LogP contribution in [0.5, 0.6) is 0 Å². The number of allylic oxidation sites excluding steroid dienone is 4. The van der Waals surface area contributed by atoms with Gasteiger partial charge in [0, 0.05) is 0 Å². The smallest absolute Gasteiger partial charge is 0.145 e. The Morgan fingerprint density at radius 1 is 1.38 bits per heavy atom. The molecule has 1 fully saturated rings. The van der Waals surface area contributed by atoms with Crippen molar-refractivity contribution in [3.8, 4) is 0 Å². The van der Waals surface area contributed by atoms with Crippen molar-refractivity contribution in [1.29, 1.82) is 0 Å². The summed E-state index contributed by atoms with van der Waals surface area (Å²) in [5.74, 6) is 1.42. The fraction of sp³-hybridized carbons (Fsp3) is 0.667. The van der Waals surface area contributed by atoms with Gasteiger partial charge in [0.15, 0.2) is 0 Å². The molecule has 0 N–H and O–H groups in total. The van der Waals surface area contributed by atoms with Gasteiger partial charge in [-0.15, -0.1) is 0 Å². The van der Waals surface area contributed by atoms with E-state index in [1.54, 1.807) is 0 Å². The average molecular weight is 218 g/mol. The Hall–Kier alpha value is -0.850. The maximum Gasteiger partial charge on any atom is 0.145 e. The van der Waals surface area contributed by atoms with Crippen molar-refractivity contribution in [2.75, 3.05) is 0 Å². The van der Waals surface area contributed by atoms with Crippen LogP contribution in [0.15, 0.2) is 23.3 Å². The Morgan fingerprint density at radius 3 is 2.81 bits per heavy atom. The van der Waals surface area contributed by atoms with Crippen LogP contribution in [0.3, 0.4) is 0 Å². The van der Waals surface area contributed by atoms with E-state index in [2.05, 4.69) is 32.9 Å². The minimum absolute atomic E-state index is 0.416. The number of aldehydes is 1. The molecule has 1 saturated carbocycles. The second kappa shape index (κ2) is 4.20. The third kappa shape index (κ3) is 2.14. The molecule has 0 radical (unpaired) electrons. The van der Waals surface area contributed by atoms with Crippen molar-refractivity contribution in [3.05, 3.63) is 23.3 Å². The summed E-state index contributed by atoms with van der Waals surface area (Å²) < 4.78 is 0. The molecule has 0 aromatic heterocycles. The van der Waals surface area contributed by atoms with Gasteiger partial charge in [-0.25, -0.2) is 0 Å². The number of fused-ring (bicyclic) bond motifs is 1. The quantitative estimate of drug-likeness (QED) is 0.482. The third-order valence-corrected chi connectivity index (χ3v) is 4.46. The normalized spacial score (nSPS) is 33.2. The third-order valence-electron chi connectivity index (χ3n) is 4.46. The first kappa shape index (κ1) is 11.6. The van der Waals surface area contributed by atoms with E-state index in [9.17, 15) is 4.79 Å². The molecular weight excluding hydrogens is 196 g/mol. The highest BCUT2D eigenvalue weighted by molar-refractivity contribution is 5.73. The minimum atomic E-state index is 0.416. The van der Waals surface area contributed by atoms with Gasteiger partial charge in [-0.3, -0.25) is 4.79 Å². The molecular formula is C15H22O. The highest BCUT2D eigenvalue weighted by Gasteiger charge is 2.55. The van der Waals surface area contributed by atoms with Crippen LogP contribution in [0.2, 0.25) is 0 Å². The highest BCUT2D eigenvalue weighted by atomic mass is 16.1. The summed E-state index contributed by atoms with van der Waals surface area (Å²) >= 11 is 0. The summed E-state index contributed by atoms with van der Waals surface area (Å²) in [6.07, 6.45) is 10.0. The Balaban J connectivity index is 2.18. The maximum absolute atomic E-state index is 11.0. The first-order valence-electron chi connectivity index (χ1n) is 6.37. The molecule has 2 aliphatic carbocycles. The van der Waals surface area contributed by atoms with Gasteiger partial charge in [0.25, 0.3) is 0 Å². The number of carbonyl (C=O) groups excluding carboxylic acids is 1. The molecule has 1 nitrogen and oxygen atoms in total. The van der Waals surface area contributed by atoms with Crippen molar-refractivity contribution >= 4 is 6.29 Å². The van der Waals surface area contributed by atoms with Crippen LogP contribution in [0.4, 0.5) is 0 Å². The van der Waals surface area contributed by atoms with Crippen molar-refractivity contribution in [3.63, 3.8) is 0 Å². The Bertz CT molecular complexity index is 346. The molecule has 0 aromatic carbocycles. The molecule has 0 aliphatic heterocycles. The van der Waals surface area contributed by atoms with Gasteiger partial charge in [0.1, 0.15) is 6.29 Å². The number of hydrogen-bond acceptors (Lipinski definition) is 1. The standard InChI is InChI=1S/C15H22O/c1-11-5-4-6-12(10-16)9-14-13(8-7-11)15(14,2)3/h5,9-10,13-14H,4,6-8H2,1-3H3. The molecule has 1 heteroatoms. The monoisotopic (exact) mass is 218 g/mol. The molecule has 2 aliphatic rings. The lowest BCUT2D eigenvalue weighted by Gasteiger charge is -2.04. The summed E-state index contributed by atoms with van der Waals surface area (Å²) in [4.78, 5) is 11.0. The van der Waals surface area contributed by atoms with Crippen molar-refractivity contribution < 1.29 is 4.79 Å². The van der Waals surface area contributed by atoms with Crippen LogP contribution in [-0.2, 0) is 4.79 Å². The van der Waals surface area contributed by atoms with Gasteiger partial charge in [0.2, 0.25) is 0 Å². The van der Waals surface area contributed by atoms with Crippen LogP contribution in [0, 0.1) is 17.3 Å².